The van der Waals surface area contributed by atoms with Gasteiger partial charge in [0.2, 0.25) is 0 Å². The molecule has 0 saturated heterocycles. The smallest absolute Gasteiger partial charge is 0.406 e. The van der Waals surface area contributed by atoms with Crippen molar-refractivity contribution in [1.82, 2.24) is 9.55 Å². The van der Waals surface area contributed by atoms with Crippen molar-refractivity contribution in [1.29, 1.82) is 0 Å². The van der Waals surface area contributed by atoms with Gasteiger partial charge in [-0.1, -0.05) is 6.92 Å². The Morgan fingerprint density at radius 3 is 2.68 bits per heavy atom. The molecule has 1 heterocycles. The van der Waals surface area contributed by atoms with E-state index in [0.717, 1.165) is 22.8 Å². The predicted octanol–water partition coefficient (Wildman–Crippen LogP) is 5.36. The highest BCUT2D eigenvalue weighted by Crippen LogP contribution is 2.30. The highest BCUT2D eigenvalue weighted by molar-refractivity contribution is 9.10. The summed E-state index contributed by atoms with van der Waals surface area (Å²) in [6.45, 7) is 1.98. The third-order valence-corrected chi connectivity index (χ3v) is 5.35. The summed E-state index contributed by atoms with van der Waals surface area (Å²) in [6.07, 6.45) is -3.60. The van der Waals surface area contributed by atoms with E-state index < -0.39 is 23.5 Å². The third kappa shape index (κ3) is 4.67. The molecule has 2 aromatic carbocycles. The monoisotopic (exact) mass is 476 g/mol. The molecular weight excluding hydrogens is 464 g/mol. The summed E-state index contributed by atoms with van der Waals surface area (Å²) >= 11 is 4.61. The van der Waals surface area contributed by atoms with Crippen molar-refractivity contribution in [3.8, 4) is 5.75 Å². The summed E-state index contributed by atoms with van der Waals surface area (Å²) < 4.78 is 56.6. The van der Waals surface area contributed by atoms with Crippen molar-refractivity contribution < 1.29 is 22.3 Å². The molecule has 0 fully saturated rings. The van der Waals surface area contributed by atoms with Gasteiger partial charge in [-0.25, -0.2) is 9.37 Å². The molecule has 1 aromatic heterocycles. The first-order chi connectivity index (χ1) is 13.2. The lowest BCUT2D eigenvalue weighted by molar-refractivity contribution is -0.274. The predicted molar refractivity (Wildman–Crippen MR) is 102 cm³/mol. The molecule has 0 saturated carbocycles. The SMILES string of the molecule is CCSc1ccc(F)cc1Cn1cnc2c(Br)cc(OC(F)(F)F)cc2c1=O. The Kier molecular flexibility index (Phi) is 5.99. The number of nitrogens with zero attached hydrogens (tertiary/aromatic N) is 2. The zero-order valence-corrected chi connectivity index (χ0v) is 16.8. The van der Waals surface area contributed by atoms with E-state index in [1.807, 2.05) is 6.92 Å². The average molecular weight is 477 g/mol. The Bertz CT molecular complexity index is 1090. The van der Waals surface area contributed by atoms with Crippen LogP contribution in [0.15, 0.2) is 50.8 Å². The second-order valence-electron chi connectivity index (χ2n) is 5.71. The summed E-state index contributed by atoms with van der Waals surface area (Å²) in [5.41, 5.74) is 0.227. The number of alkyl halides is 3. The van der Waals surface area contributed by atoms with Gasteiger partial charge in [0.25, 0.3) is 5.56 Å². The van der Waals surface area contributed by atoms with Crippen LogP contribution in [0, 0.1) is 5.82 Å². The van der Waals surface area contributed by atoms with Crippen LogP contribution in [0.5, 0.6) is 5.75 Å². The Morgan fingerprint density at radius 1 is 1.25 bits per heavy atom. The van der Waals surface area contributed by atoms with Crippen LogP contribution in [0.25, 0.3) is 10.9 Å². The molecule has 0 spiro atoms. The molecule has 0 atom stereocenters. The molecule has 10 heteroatoms. The molecule has 148 valence electrons. The Labute approximate surface area is 169 Å². The number of ether oxygens (including phenoxy) is 1. The zero-order chi connectivity index (χ0) is 20.5. The van der Waals surface area contributed by atoms with Crippen LogP contribution < -0.4 is 10.3 Å². The molecule has 0 aliphatic heterocycles. The lowest BCUT2D eigenvalue weighted by atomic mass is 10.2. The largest absolute Gasteiger partial charge is 0.573 e. The number of benzene rings is 2. The lowest BCUT2D eigenvalue weighted by Crippen LogP contribution is -2.22. The van der Waals surface area contributed by atoms with Crippen LogP contribution in [0.1, 0.15) is 12.5 Å². The molecule has 28 heavy (non-hydrogen) atoms. The van der Waals surface area contributed by atoms with Crippen molar-refractivity contribution >= 4 is 38.6 Å². The number of halogens is 5. The topological polar surface area (TPSA) is 44.1 Å². The van der Waals surface area contributed by atoms with Crippen molar-refractivity contribution in [2.45, 2.75) is 24.7 Å². The molecule has 0 aliphatic carbocycles. The van der Waals surface area contributed by atoms with E-state index in [2.05, 4.69) is 25.7 Å². The van der Waals surface area contributed by atoms with E-state index in [0.29, 0.717) is 5.56 Å². The summed E-state index contributed by atoms with van der Waals surface area (Å²) in [4.78, 5) is 17.8. The second-order valence-corrected chi connectivity index (χ2v) is 7.87. The van der Waals surface area contributed by atoms with E-state index >= 15 is 0 Å². The van der Waals surface area contributed by atoms with E-state index in [4.69, 9.17) is 0 Å². The van der Waals surface area contributed by atoms with Gasteiger partial charge in [-0.3, -0.25) is 9.36 Å². The van der Waals surface area contributed by atoms with E-state index in [1.165, 1.54) is 34.8 Å². The first kappa shape index (κ1) is 20.7. The van der Waals surface area contributed by atoms with Gasteiger partial charge in [0.1, 0.15) is 11.6 Å². The average Bonchev–Trinajstić information content (AvgIpc) is 2.59. The number of hydrogen-bond acceptors (Lipinski definition) is 4. The first-order valence-corrected chi connectivity index (χ1v) is 9.81. The normalized spacial score (nSPS) is 11.8. The van der Waals surface area contributed by atoms with Crippen molar-refractivity contribution in [2.75, 3.05) is 5.75 Å². The summed E-state index contributed by atoms with van der Waals surface area (Å²) in [6, 6.07) is 6.38. The minimum Gasteiger partial charge on any atom is -0.406 e. The zero-order valence-electron chi connectivity index (χ0n) is 14.4. The van der Waals surface area contributed by atoms with Crippen LogP contribution in [-0.4, -0.2) is 21.7 Å². The quantitative estimate of drug-likeness (QED) is 0.367. The molecule has 0 unspecified atom stereocenters. The summed E-state index contributed by atoms with van der Waals surface area (Å²) in [7, 11) is 0. The fraction of sp³-hybridized carbons (Fsp3) is 0.222. The van der Waals surface area contributed by atoms with Gasteiger partial charge in [0, 0.05) is 9.37 Å². The summed E-state index contributed by atoms with van der Waals surface area (Å²) in [5.74, 6) is -0.216. The highest BCUT2D eigenvalue weighted by atomic mass is 79.9. The molecule has 0 N–H and O–H groups in total. The van der Waals surface area contributed by atoms with Crippen LogP contribution in [0.4, 0.5) is 17.6 Å². The molecule has 3 aromatic rings. The number of aromatic nitrogens is 2. The second kappa shape index (κ2) is 8.12. The molecule has 0 aliphatic rings. The van der Waals surface area contributed by atoms with Crippen molar-refractivity contribution in [3.63, 3.8) is 0 Å². The van der Waals surface area contributed by atoms with E-state index in [-0.39, 0.29) is 21.9 Å². The van der Waals surface area contributed by atoms with Gasteiger partial charge in [-0.2, -0.15) is 0 Å². The van der Waals surface area contributed by atoms with Crippen LogP contribution in [0.3, 0.4) is 0 Å². The highest BCUT2D eigenvalue weighted by Gasteiger charge is 2.31. The molecule has 4 nitrogen and oxygen atoms in total. The molecule has 0 bridgehead atoms. The minimum absolute atomic E-state index is 0.0316. The van der Waals surface area contributed by atoms with Gasteiger partial charge in [-0.05, 0) is 57.6 Å². The summed E-state index contributed by atoms with van der Waals surface area (Å²) in [5, 5.41) is -0.0442. The Hall–Kier alpha value is -2.07. The molecule has 0 radical (unpaired) electrons. The maximum Gasteiger partial charge on any atom is 0.573 e. The van der Waals surface area contributed by atoms with Crippen molar-refractivity contribution in [3.05, 3.63) is 62.9 Å². The van der Waals surface area contributed by atoms with Gasteiger partial charge in [0.05, 0.1) is 23.8 Å². The molecule has 3 rings (SSSR count). The van der Waals surface area contributed by atoms with E-state index in [9.17, 15) is 22.4 Å². The lowest BCUT2D eigenvalue weighted by Gasteiger charge is -2.13. The van der Waals surface area contributed by atoms with Gasteiger partial charge < -0.3 is 4.74 Å². The van der Waals surface area contributed by atoms with Gasteiger partial charge >= 0.3 is 6.36 Å². The fourth-order valence-electron chi connectivity index (χ4n) is 2.66. The van der Waals surface area contributed by atoms with Crippen molar-refractivity contribution in [2.24, 2.45) is 0 Å². The standard InChI is InChI=1S/C18H13BrF4N2O2S/c1-2-28-15-4-3-11(20)5-10(15)8-25-9-24-16-13(17(25)26)6-12(7-14(16)19)27-18(21,22)23/h3-7,9H,2,8H2,1H3. The number of fused-ring (bicyclic) bond motifs is 1. The maximum atomic E-state index is 13.7. The minimum atomic E-state index is -4.89. The molecular formula is C18H13BrF4N2O2S. The van der Waals surface area contributed by atoms with Crippen LogP contribution in [-0.2, 0) is 6.54 Å². The Balaban J connectivity index is 2.07. The third-order valence-electron chi connectivity index (χ3n) is 3.75. The van der Waals surface area contributed by atoms with E-state index in [1.54, 1.807) is 6.07 Å². The van der Waals surface area contributed by atoms with Gasteiger partial charge in [0.15, 0.2) is 0 Å². The van der Waals surface area contributed by atoms with Gasteiger partial charge in [-0.15, -0.1) is 24.9 Å². The molecule has 0 amide bonds. The number of thioether (sulfide) groups is 1. The number of hydrogen-bond donors (Lipinski definition) is 0. The maximum absolute atomic E-state index is 13.7. The van der Waals surface area contributed by atoms with Crippen LogP contribution >= 0.6 is 27.7 Å². The Morgan fingerprint density at radius 2 is 2.00 bits per heavy atom. The first-order valence-electron chi connectivity index (χ1n) is 8.03. The fourth-order valence-corrected chi connectivity index (χ4v) is 3.99. The van der Waals surface area contributed by atoms with Crippen LogP contribution in [0.2, 0.25) is 0 Å². The number of rotatable bonds is 5.